The summed E-state index contributed by atoms with van der Waals surface area (Å²) >= 11 is 0. The Morgan fingerprint density at radius 1 is 0.839 bits per heavy atom. The molecule has 0 bridgehead atoms. The van der Waals surface area contributed by atoms with Crippen LogP contribution in [0.5, 0.6) is 0 Å². The molecule has 0 spiro atoms. The molecule has 5 rings (SSSR count). The molecule has 152 valence electrons. The minimum atomic E-state index is -0.134. The number of fused-ring (bicyclic) bond motifs is 2. The van der Waals surface area contributed by atoms with Crippen LogP contribution in [0.2, 0.25) is 0 Å². The lowest BCUT2D eigenvalue weighted by molar-refractivity contribution is -0.119. The smallest absolute Gasteiger partial charge is 0.256 e. The Bertz CT molecular complexity index is 1280. The summed E-state index contributed by atoms with van der Waals surface area (Å²) in [7, 11) is 0. The first-order chi connectivity index (χ1) is 15.2. The number of aryl methyl sites for hydroxylation is 1. The molecular formula is C27H22N2O2. The van der Waals surface area contributed by atoms with Gasteiger partial charge in [0.05, 0.1) is 6.54 Å². The second kappa shape index (κ2) is 8.07. The van der Waals surface area contributed by atoms with Crippen LogP contribution >= 0.6 is 0 Å². The molecule has 1 aliphatic rings. The summed E-state index contributed by atoms with van der Waals surface area (Å²) in [5.41, 5.74) is 4.48. The minimum absolute atomic E-state index is 0.129. The van der Waals surface area contributed by atoms with Gasteiger partial charge < -0.3 is 10.2 Å². The minimum Gasteiger partial charge on any atom is -0.322 e. The van der Waals surface area contributed by atoms with Gasteiger partial charge in [0.1, 0.15) is 0 Å². The first-order valence-corrected chi connectivity index (χ1v) is 10.5. The van der Waals surface area contributed by atoms with E-state index in [2.05, 4.69) is 5.32 Å². The van der Waals surface area contributed by atoms with Crippen molar-refractivity contribution in [3.8, 4) is 0 Å². The lowest BCUT2D eigenvalue weighted by Crippen LogP contribution is -2.34. The van der Waals surface area contributed by atoms with Crippen LogP contribution in [0.15, 0.2) is 91.0 Å². The number of nitrogens with one attached hydrogen (secondary N) is 1. The lowest BCUT2D eigenvalue weighted by atomic mass is 9.99. The molecular weight excluding hydrogens is 384 g/mol. The molecule has 0 aliphatic carbocycles. The molecule has 4 aromatic rings. The maximum absolute atomic E-state index is 13.0. The quantitative estimate of drug-likeness (QED) is 0.482. The molecule has 0 fully saturated rings. The van der Waals surface area contributed by atoms with Crippen molar-refractivity contribution >= 4 is 34.0 Å². The van der Waals surface area contributed by atoms with Crippen molar-refractivity contribution in [1.82, 2.24) is 0 Å². The number of rotatable bonds is 4. The molecule has 0 atom stereocenters. The monoisotopic (exact) mass is 406 g/mol. The summed E-state index contributed by atoms with van der Waals surface area (Å²) in [5.74, 6) is -0.00586. The summed E-state index contributed by atoms with van der Waals surface area (Å²) in [6, 6.07) is 29.4. The Morgan fingerprint density at radius 3 is 2.48 bits per heavy atom. The standard InChI is InChI=1S/C27H22N2O2/c30-26-16-13-21-17-22(14-15-25(21)29(26)18-19-7-2-1-3-8-19)28-27(31)24-12-6-10-20-9-4-5-11-23(20)24/h1-12,14-15,17H,13,16,18H2,(H,28,31). The molecule has 0 radical (unpaired) electrons. The summed E-state index contributed by atoms with van der Waals surface area (Å²) in [4.78, 5) is 27.4. The third-order valence-corrected chi connectivity index (χ3v) is 5.76. The summed E-state index contributed by atoms with van der Waals surface area (Å²) in [6.07, 6.45) is 1.15. The molecule has 0 aromatic heterocycles. The van der Waals surface area contributed by atoms with Crippen LogP contribution in [0.4, 0.5) is 11.4 Å². The number of carbonyl (C=O) groups excluding carboxylic acids is 2. The number of hydrogen-bond donors (Lipinski definition) is 1. The zero-order valence-corrected chi connectivity index (χ0v) is 17.0. The van der Waals surface area contributed by atoms with Crippen molar-refractivity contribution in [3.63, 3.8) is 0 Å². The van der Waals surface area contributed by atoms with E-state index >= 15 is 0 Å². The van der Waals surface area contributed by atoms with Crippen molar-refractivity contribution < 1.29 is 9.59 Å². The Hall–Kier alpha value is -3.92. The fourth-order valence-electron chi connectivity index (χ4n) is 4.20. The van der Waals surface area contributed by atoms with Crippen molar-refractivity contribution in [3.05, 3.63) is 108 Å². The third kappa shape index (κ3) is 3.80. The normalized spacial score (nSPS) is 13.2. The van der Waals surface area contributed by atoms with Gasteiger partial charge >= 0.3 is 0 Å². The Balaban J connectivity index is 1.41. The molecule has 2 amide bonds. The van der Waals surface area contributed by atoms with E-state index in [9.17, 15) is 9.59 Å². The van der Waals surface area contributed by atoms with Gasteiger partial charge in [-0.2, -0.15) is 0 Å². The van der Waals surface area contributed by atoms with Crippen LogP contribution in [-0.2, 0) is 17.8 Å². The van der Waals surface area contributed by atoms with E-state index < -0.39 is 0 Å². The Labute approximate surface area is 181 Å². The molecule has 4 nitrogen and oxygen atoms in total. The van der Waals surface area contributed by atoms with Crippen molar-refractivity contribution in [1.29, 1.82) is 0 Å². The summed E-state index contributed by atoms with van der Waals surface area (Å²) in [6.45, 7) is 0.550. The van der Waals surface area contributed by atoms with Gasteiger partial charge in [0.15, 0.2) is 0 Å². The maximum atomic E-state index is 13.0. The van der Waals surface area contributed by atoms with Crippen molar-refractivity contribution in [2.24, 2.45) is 0 Å². The molecule has 4 aromatic carbocycles. The topological polar surface area (TPSA) is 49.4 Å². The van der Waals surface area contributed by atoms with Gasteiger partial charge in [-0.25, -0.2) is 0 Å². The van der Waals surface area contributed by atoms with Gasteiger partial charge in [0.2, 0.25) is 5.91 Å². The maximum Gasteiger partial charge on any atom is 0.256 e. The number of carbonyl (C=O) groups is 2. The third-order valence-electron chi connectivity index (χ3n) is 5.76. The second-order valence-electron chi connectivity index (χ2n) is 7.79. The van der Waals surface area contributed by atoms with Gasteiger partial charge in [-0.3, -0.25) is 9.59 Å². The molecule has 31 heavy (non-hydrogen) atoms. The number of anilines is 2. The highest BCUT2D eigenvalue weighted by molar-refractivity contribution is 6.13. The first-order valence-electron chi connectivity index (χ1n) is 10.5. The average Bonchev–Trinajstić information content (AvgIpc) is 2.81. The predicted molar refractivity (Wildman–Crippen MR) is 124 cm³/mol. The molecule has 1 aliphatic heterocycles. The summed E-state index contributed by atoms with van der Waals surface area (Å²) in [5, 5.41) is 5.00. The molecule has 4 heteroatoms. The number of benzene rings is 4. The second-order valence-corrected chi connectivity index (χ2v) is 7.79. The Kier molecular flexibility index (Phi) is 4.97. The van der Waals surface area contributed by atoms with Gasteiger partial charge in [0, 0.05) is 23.4 Å². The van der Waals surface area contributed by atoms with E-state index in [4.69, 9.17) is 0 Å². The van der Waals surface area contributed by atoms with Gasteiger partial charge in [-0.05, 0) is 52.6 Å². The SMILES string of the molecule is O=C(Nc1ccc2c(c1)CCC(=O)N2Cc1ccccc1)c1cccc2ccccc12. The van der Waals surface area contributed by atoms with Crippen LogP contribution in [0.25, 0.3) is 10.8 Å². The number of nitrogens with zero attached hydrogens (tertiary/aromatic N) is 1. The zero-order valence-electron chi connectivity index (χ0n) is 17.0. The molecule has 0 saturated heterocycles. The molecule has 1 N–H and O–H groups in total. The predicted octanol–water partition coefficient (Wildman–Crippen LogP) is 5.57. The van der Waals surface area contributed by atoms with Gasteiger partial charge in [-0.15, -0.1) is 0 Å². The van der Waals surface area contributed by atoms with E-state index in [1.807, 2.05) is 95.9 Å². The van der Waals surface area contributed by atoms with Crippen molar-refractivity contribution in [2.75, 3.05) is 10.2 Å². The highest BCUT2D eigenvalue weighted by atomic mass is 16.2. The largest absolute Gasteiger partial charge is 0.322 e. The van der Waals surface area contributed by atoms with Crippen LogP contribution in [0.3, 0.4) is 0 Å². The molecule has 1 heterocycles. The van der Waals surface area contributed by atoms with Gasteiger partial charge in [0.25, 0.3) is 5.91 Å². The van der Waals surface area contributed by atoms with Crippen LogP contribution in [-0.4, -0.2) is 11.8 Å². The van der Waals surface area contributed by atoms with Crippen LogP contribution < -0.4 is 10.2 Å². The van der Waals surface area contributed by atoms with E-state index in [0.717, 1.165) is 33.3 Å². The van der Waals surface area contributed by atoms with E-state index in [-0.39, 0.29) is 11.8 Å². The number of amides is 2. The van der Waals surface area contributed by atoms with E-state index in [1.165, 1.54) is 0 Å². The fraction of sp³-hybridized carbons (Fsp3) is 0.111. The van der Waals surface area contributed by atoms with Crippen LogP contribution in [0.1, 0.15) is 27.9 Å². The zero-order chi connectivity index (χ0) is 21.2. The summed E-state index contributed by atoms with van der Waals surface area (Å²) < 4.78 is 0. The van der Waals surface area contributed by atoms with Gasteiger partial charge in [-0.1, -0.05) is 66.7 Å². The fourth-order valence-corrected chi connectivity index (χ4v) is 4.20. The molecule has 0 unspecified atom stereocenters. The van der Waals surface area contributed by atoms with E-state index in [0.29, 0.717) is 24.9 Å². The lowest BCUT2D eigenvalue weighted by Gasteiger charge is -2.30. The Morgan fingerprint density at radius 2 is 1.61 bits per heavy atom. The molecule has 0 saturated carbocycles. The highest BCUT2D eigenvalue weighted by Crippen LogP contribution is 2.32. The highest BCUT2D eigenvalue weighted by Gasteiger charge is 2.24. The van der Waals surface area contributed by atoms with Crippen LogP contribution in [0, 0.1) is 0 Å². The first kappa shape index (κ1) is 19.1. The van der Waals surface area contributed by atoms with Crippen molar-refractivity contribution in [2.45, 2.75) is 19.4 Å². The number of hydrogen-bond acceptors (Lipinski definition) is 2. The average molecular weight is 406 g/mol. The van der Waals surface area contributed by atoms with E-state index in [1.54, 1.807) is 0 Å².